The number of Topliss-reactive ketones (excluding diaryl/α,β-unsaturated/α-hetero) is 1. The standard InChI is InChI=1S/C21H28O4/c1-12(22)21(25)9-6-16-18-15(5-8-20(16,21)3)19(2)7-4-14(23)10-13(19)11-17(18)24/h4,7,10,15-18,24-25H,5-6,8-9,11H2,1-3H3/t15-,16-,17+,18+,19-,20-,21-/m0/s1. The zero-order chi connectivity index (χ0) is 18.2. The number of hydrogen-bond acceptors (Lipinski definition) is 4. The number of carbonyl (C=O) groups excluding carboxylic acids is 2. The molecule has 0 bridgehead atoms. The summed E-state index contributed by atoms with van der Waals surface area (Å²) < 4.78 is 0. The van der Waals surface area contributed by atoms with Gasteiger partial charge in [-0.05, 0) is 68.9 Å². The highest BCUT2D eigenvalue weighted by atomic mass is 16.3. The summed E-state index contributed by atoms with van der Waals surface area (Å²) in [7, 11) is 0. The highest BCUT2D eigenvalue weighted by Gasteiger charge is 2.66. The smallest absolute Gasteiger partial charge is 0.178 e. The second-order valence-corrected chi connectivity index (χ2v) is 9.16. The van der Waals surface area contributed by atoms with Gasteiger partial charge in [-0.25, -0.2) is 0 Å². The van der Waals surface area contributed by atoms with Gasteiger partial charge in [0.05, 0.1) is 6.10 Å². The first-order valence-electron chi connectivity index (χ1n) is 9.49. The summed E-state index contributed by atoms with van der Waals surface area (Å²) in [5.74, 6) is 0.313. The number of carbonyl (C=O) groups is 2. The van der Waals surface area contributed by atoms with Crippen LogP contribution in [0.25, 0.3) is 0 Å². The molecular formula is C21H28O4. The van der Waals surface area contributed by atoms with Gasteiger partial charge in [-0.1, -0.05) is 25.5 Å². The third kappa shape index (κ3) is 2.01. The van der Waals surface area contributed by atoms with Crippen LogP contribution in [0.5, 0.6) is 0 Å². The van der Waals surface area contributed by atoms with Crippen molar-refractivity contribution in [3.8, 4) is 0 Å². The number of ketones is 2. The van der Waals surface area contributed by atoms with E-state index in [9.17, 15) is 19.8 Å². The molecule has 0 radical (unpaired) electrons. The lowest BCUT2D eigenvalue weighted by molar-refractivity contribution is -0.165. The molecule has 2 N–H and O–H groups in total. The van der Waals surface area contributed by atoms with Crippen LogP contribution in [0.4, 0.5) is 0 Å². The number of hydrogen-bond donors (Lipinski definition) is 2. The van der Waals surface area contributed by atoms with Crippen LogP contribution in [0.2, 0.25) is 0 Å². The van der Waals surface area contributed by atoms with Crippen LogP contribution in [0, 0.1) is 28.6 Å². The Hall–Kier alpha value is -1.26. The van der Waals surface area contributed by atoms with Gasteiger partial charge in [0.25, 0.3) is 0 Å². The van der Waals surface area contributed by atoms with Crippen molar-refractivity contribution in [1.29, 1.82) is 0 Å². The molecule has 7 atom stereocenters. The highest BCUT2D eigenvalue weighted by Crippen LogP contribution is 2.67. The number of fused-ring (bicyclic) bond motifs is 5. The Kier molecular flexibility index (Phi) is 3.53. The third-order valence-electron chi connectivity index (χ3n) is 8.31. The van der Waals surface area contributed by atoms with Crippen LogP contribution in [-0.4, -0.2) is 33.5 Å². The lowest BCUT2D eigenvalue weighted by Crippen LogP contribution is -2.59. The van der Waals surface area contributed by atoms with E-state index in [0.717, 1.165) is 24.8 Å². The van der Waals surface area contributed by atoms with Gasteiger partial charge < -0.3 is 10.2 Å². The molecule has 0 aromatic carbocycles. The first-order valence-corrected chi connectivity index (χ1v) is 9.49. The topological polar surface area (TPSA) is 74.6 Å². The summed E-state index contributed by atoms with van der Waals surface area (Å²) in [6.07, 6.45) is 8.31. The summed E-state index contributed by atoms with van der Waals surface area (Å²) in [6, 6.07) is 0. The second-order valence-electron chi connectivity index (χ2n) is 9.16. The predicted octanol–water partition coefficient (Wildman–Crippen LogP) is 2.59. The van der Waals surface area contributed by atoms with E-state index < -0.39 is 17.1 Å². The molecule has 136 valence electrons. The fourth-order valence-corrected chi connectivity index (χ4v) is 6.77. The number of aliphatic hydroxyl groups excluding tert-OH is 1. The third-order valence-corrected chi connectivity index (χ3v) is 8.31. The molecule has 0 saturated heterocycles. The van der Waals surface area contributed by atoms with E-state index in [1.54, 1.807) is 12.2 Å². The zero-order valence-corrected chi connectivity index (χ0v) is 15.3. The van der Waals surface area contributed by atoms with Crippen molar-refractivity contribution in [3.63, 3.8) is 0 Å². The van der Waals surface area contributed by atoms with Gasteiger partial charge >= 0.3 is 0 Å². The molecule has 4 aliphatic carbocycles. The Bertz CT molecular complexity index is 707. The van der Waals surface area contributed by atoms with Gasteiger partial charge in [-0.15, -0.1) is 0 Å². The molecule has 4 heteroatoms. The molecule has 0 spiro atoms. The predicted molar refractivity (Wildman–Crippen MR) is 93.6 cm³/mol. The molecule has 0 aromatic rings. The fraction of sp³-hybridized carbons (Fsp3) is 0.714. The van der Waals surface area contributed by atoms with Crippen molar-refractivity contribution in [2.24, 2.45) is 28.6 Å². The number of allylic oxidation sites excluding steroid dienone is 3. The van der Waals surface area contributed by atoms with Gasteiger partial charge in [0.1, 0.15) is 5.60 Å². The molecule has 25 heavy (non-hydrogen) atoms. The molecule has 4 rings (SSSR count). The molecule has 3 fully saturated rings. The van der Waals surface area contributed by atoms with E-state index in [1.807, 2.05) is 13.0 Å². The molecule has 4 nitrogen and oxygen atoms in total. The van der Waals surface area contributed by atoms with Crippen LogP contribution in [0.3, 0.4) is 0 Å². The minimum Gasteiger partial charge on any atom is -0.392 e. The van der Waals surface area contributed by atoms with Gasteiger partial charge in [0.2, 0.25) is 0 Å². The summed E-state index contributed by atoms with van der Waals surface area (Å²) in [6.45, 7) is 5.72. The lowest BCUT2D eigenvalue weighted by Gasteiger charge is -2.59. The van der Waals surface area contributed by atoms with Crippen molar-refractivity contribution < 1.29 is 19.8 Å². The minimum absolute atomic E-state index is 0.00518. The lowest BCUT2D eigenvalue weighted by atomic mass is 9.46. The minimum atomic E-state index is -1.27. The Morgan fingerprint density at radius 2 is 1.88 bits per heavy atom. The summed E-state index contributed by atoms with van der Waals surface area (Å²) >= 11 is 0. The Morgan fingerprint density at radius 3 is 2.56 bits per heavy atom. The normalized spacial score (nSPS) is 51.4. The van der Waals surface area contributed by atoms with Crippen molar-refractivity contribution >= 4 is 11.6 Å². The van der Waals surface area contributed by atoms with Crippen molar-refractivity contribution in [3.05, 3.63) is 23.8 Å². The van der Waals surface area contributed by atoms with Gasteiger partial charge in [-0.2, -0.15) is 0 Å². The van der Waals surface area contributed by atoms with Crippen LogP contribution in [-0.2, 0) is 9.59 Å². The van der Waals surface area contributed by atoms with Crippen LogP contribution in [0.1, 0.15) is 52.9 Å². The first kappa shape index (κ1) is 17.2. The summed E-state index contributed by atoms with van der Waals surface area (Å²) in [5.41, 5.74) is -0.891. The molecule has 3 saturated carbocycles. The average Bonchev–Trinajstić information content (AvgIpc) is 2.82. The molecule has 0 aliphatic heterocycles. The zero-order valence-electron chi connectivity index (χ0n) is 15.3. The maximum atomic E-state index is 12.2. The number of aliphatic hydroxyl groups is 2. The molecule has 0 aromatic heterocycles. The fourth-order valence-electron chi connectivity index (χ4n) is 6.77. The maximum Gasteiger partial charge on any atom is 0.178 e. The highest BCUT2D eigenvalue weighted by molar-refractivity contribution is 6.01. The molecule has 0 heterocycles. The van der Waals surface area contributed by atoms with Gasteiger partial charge in [-0.3, -0.25) is 9.59 Å². The maximum absolute atomic E-state index is 12.2. The first-order chi connectivity index (χ1) is 11.6. The Morgan fingerprint density at radius 1 is 1.20 bits per heavy atom. The summed E-state index contributed by atoms with van der Waals surface area (Å²) in [5, 5.41) is 22.1. The largest absolute Gasteiger partial charge is 0.392 e. The SMILES string of the molecule is CC(=O)[C@@]1(O)CC[C@H]2[C@@H]3[C@H](O)CC4=CC(=O)C=C[C@]4(C)[C@H]3CC[C@@]21C. The molecule has 0 amide bonds. The summed E-state index contributed by atoms with van der Waals surface area (Å²) in [4.78, 5) is 24.0. The van der Waals surface area contributed by atoms with Gasteiger partial charge in [0.15, 0.2) is 11.6 Å². The van der Waals surface area contributed by atoms with E-state index in [0.29, 0.717) is 12.8 Å². The van der Waals surface area contributed by atoms with E-state index in [1.165, 1.54) is 6.92 Å². The monoisotopic (exact) mass is 344 g/mol. The van der Waals surface area contributed by atoms with Crippen molar-refractivity contribution in [2.75, 3.05) is 0 Å². The van der Waals surface area contributed by atoms with Gasteiger partial charge in [0, 0.05) is 10.8 Å². The Labute approximate surface area is 149 Å². The molecular weight excluding hydrogens is 316 g/mol. The van der Waals surface area contributed by atoms with Crippen LogP contribution >= 0.6 is 0 Å². The van der Waals surface area contributed by atoms with Crippen LogP contribution < -0.4 is 0 Å². The van der Waals surface area contributed by atoms with E-state index >= 15 is 0 Å². The second kappa shape index (κ2) is 5.14. The molecule has 0 unspecified atom stereocenters. The van der Waals surface area contributed by atoms with E-state index in [4.69, 9.17) is 0 Å². The average molecular weight is 344 g/mol. The van der Waals surface area contributed by atoms with Crippen molar-refractivity contribution in [2.45, 2.75) is 64.6 Å². The van der Waals surface area contributed by atoms with E-state index in [2.05, 4.69) is 6.92 Å². The van der Waals surface area contributed by atoms with E-state index in [-0.39, 0.29) is 34.7 Å². The number of rotatable bonds is 1. The quantitative estimate of drug-likeness (QED) is 0.767. The Balaban J connectivity index is 1.76. The molecule has 4 aliphatic rings. The van der Waals surface area contributed by atoms with Crippen LogP contribution in [0.15, 0.2) is 23.8 Å². The van der Waals surface area contributed by atoms with Crippen molar-refractivity contribution in [1.82, 2.24) is 0 Å².